The van der Waals surface area contributed by atoms with Crippen molar-refractivity contribution >= 4 is 0 Å². The summed E-state index contributed by atoms with van der Waals surface area (Å²) in [6, 6.07) is 0.407. The molecule has 0 saturated carbocycles. The van der Waals surface area contributed by atoms with Gasteiger partial charge in [-0.3, -0.25) is 14.3 Å². The summed E-state index contributed by atoms with van der Waals surface area (Å²) in [6.07, 6.45) is 10.5. The molecule has 0 spiro atoms. The van der Waals surface area contributed by atoms with Gasteiger partial charge in [0.25, 0.3) is 0 Å². The van der Waals surface area contributed by atoms with Gasteiger partial charge in [-0.15, -0.1) is 0 Å². The molecule has 0 unspecified atom stereocenters. The molecule has 1 fully saturated rings. The fourth-order valence-corrected chi connectivity index (χ4v) is 3.36. The minimum absolute atomic E-state index is 0.307. The Morgan fingerprint density at radius 2 is 1.82 bits per heavy atom. The highest BCUT2D eigenvalue weighted by atomic mass is 16.5. The van der Waals surface area contributed by atoms with Gasteiger partial charge in [-0.05, 0) is 25.3 Å². The first-order valence-corrected chi connectivity index (χ1v) is 7.96. The van der Waals surface area contributed by atoms with E-state index in [1.807, 2.05) is 35.9 Å². The van der Waals surface area contributed by atoms with Crippen LogP contribution in [0.5, 0.6) is 0 Å². The predicted octanol–water partition coefficient (Wildman–Crippen LogP) is 1.38. The second-order valence-electron chi connectivity index (χ2n) is 6.07. The van der Waals surface area contributed by atoms with Gasteiger partial charge in [0, 0.05) is 57.8 Å². The van der Waals surface area contributed by atoms with E-state index in [0.717, 1.165) is 32.5 Å². The Bertz CT molecular complexity index is 605. The first-order chi connectivity index (χ1) is 10.7. The molecule has 0 aliphatic carbocycles. The van der Waals surface area contributed by atoms with Crippen LogP contribution in [0.15, 0.2) is 24.8 Å². The van der Waals surface area contributed by atoms with Gasteiger partial charge in [-0.25, -0.2) is 0 Å². The van der Waals surface area contributed by atoms with Crippen LogP contribution in [0.3, 0.4) is 0 Å². The van der Waals surface area contributed by atoms with Crippen molar-refractivity contribution in [2.45, 2.75) is 38.5 Å². The van der Waals surface area contributed by atoms with Gasteiger partial charge >= 0.3 is 0 Å². The third-order valence-electron chi connectivity index (χ3n) is 4.33. The summed E-state index contributed by atoms with van der Waals surface area (Å²) < 4.78 is 9.71. The van der Waals surface area contributed by atoms with Crippen molar-refractivity contribution in [3.05, 3.63) is 35.9 Å². The van der Waals surface area contributed by atoms with E-state index in [2.05, 4.69) is 34.4 Å². The van der Waals surface area contributed by atoms with Crippen LogP contribution in [0, 0.1) is 0 Å². The summed E-state index contributed by atoms with van der Waals surface area (Å²) in [5.41, 5.74) is 2.53. The molecule has 3 rings (SSSR count). The average molecular weight is 303 g/mol. The molecule has 1 saturated heterocycles. The standard InChI is InChI=1S/C16H25N5O/c1-4-22-16-5-6-21(12-14-9-18-20(3)11-14)15(16)7-13-8-17-19(2)10-13/h8-11,15-16H,4-7,12H2,1-3H3/t15-,16-/m1/s1. The fourth-order valence-electron chi connectivity index (χ4n) is 3.36. The van der Waals surface area contributed by atoms with Gasteiger partial charge in [0.1, 0.15) is 0 Å². The molecule has 2 atom stereocenters. The molecule has 2 aromatic rings. The molecule has 0 radical (unpaired) electrons. The zero-order chi connectivity index (χ0) is 15.5. The van der Waals surface area contributed by atoms with Gasteiger partial charge < -0.3 is 4.74 Å². The van der Waals surface area contributed by atoms with Gasteiger partial charge in [0.15, 0.2) is 0 Å². The van der Waals surface area contributed by atoms with Crippen LogP contribution >= 0.6 is 0 Å². The molecule has 6 heteroatoms. The number of likely N-dealkylation sites (tertiary alicyclic amines) is 1. The molecule has 3 heterocycles. The molecule has 0 bridgehead atoms. The summed E-state index contributed by atoms with van der Waals surface area (Å²) in [7, 11) is 3.93. The minimum Gasteiger partial charge on any atom is -0.377 e. The maximum Gasteiger partial charge on any atom is 0.0745 e. The quantitative estimate of drug-likeness (QED) is 0.809. The van der Waals surface area contributed by atoms with Crippen molar-refractivity contribution in [2.75, 3.05) is 13.2 Å². The molecule has 0 N–H and O–H groups in total. The Morgan fingerprint density at radius 1 is 1.14 bits per heavy atom. The van der Waals surface area contributed by atoms with Crippen molar-refractivity contribution < 1.29 is 4.74 Å². The molecule has 1 aliphatic heterocycles. The van der Waals surface area contributed by atoms with E-state index in [0.29, 0.717) is 12.1 Å². The van der Waals surface area contributed by atoms with E-state index in [9.17, 15) is 0 Å². The first kappa shape index (κ1) is 15.2. The Morgan fingerprint density at radius 3 is 2.41 bits per heavy atom. The molecule has 120 valence electrons. The SMILES string of the molecule is CCO[C@@H]1CCN(Cc2cnn(C)c2)[C@@H]1Cc1cnn(C)c1. The lowest BCUT2D eigenvalue weighted by Gasteiger charge is -2.27. The third-order valence-corrected chi connectivity index (χ3v) is 4.33. The summed E-state index contributed by atoms with van der Waals surface area (Å²) >= 11 is 0. The normalized spacial score (nSPS) is 22.5. The lowest BCUT2D eigenvalue weighted by molar-refractivity contribution is 0.0331. The van der Waals surface area contributed by atoms with E-state index >= 15 is 0 Å². The highest BCUT2D eigenvalue weighted by molar-refractivity contribution is 5.10. The number of nitrogens with zero attached hydrogens (tertiary/aromatic N) is 5. The van der Waals surface area contributed by atoms with Crippen LogP contribution in [0.25, 0.3) is 0 Å². The van der Waals surface area contributed by atoms with Gasteiger partial charge in [-0.2, -0.15) is 10.2 Å². The second-order valence-corrected chi connectivity index (χ2v) is 6.07. The van der Waals surface area contributed by atoms with E-state index in [4.69, 9.17) is 4.74 Å². The molecule has 22 heavy (non-hydrogen) atoms. The second kappa shape index (κ2) is 6.62. The Labute approximate surface area is 131 Å². The first-order valence-electron chi connectivity index (χ1n) is 7.96. The predicted molar refractivity (Wildman–Crippen MR) is 84.3 cm³/mol. The number of ether oxygens (including phenoxy) is 1. The zero-order valence-electron chi connectivity index (χ0n) is 13.6. The minimum atomic E-state index is 0.307. The van der Waals surface area contributed by atoms with Crippen molar-refractivity contribution in [2.24, 2.45) is 14.1 Å². The largest absolute Gasteiger partial charge is 0.377 e. The van der Waals surface area contributed by atoms with Crippen LogP contribution in [0.2, 0.25) is 0 Å². The zero-order valence-corrected chi connectivity index (χ0v) is 13.6. The topological polar surface area (TPSA) is 48.1 Å². The fraction of sp³-hybridized carbons (Fsp3) is 0.625. The van der Waals surface area contributed by atoms with E-state index in [-0.39, 0.29) is 0 Å². The maximum atomic E-state index is 5.98. The molecule has 1 aliphatic rings. The summed E-state index contributed by atoms with van der Waals surface area (Å²) in [5.74, 6) is 0. The number of hydrogen-bond donors (Lipinski definition) is 0. The molecule has 0 amide bonds. The van der Waals surface area contributed by atoms with Gasteiger partial charge in [0.05, 0.1) is 18.5 Å². The Hall–Kier alpha value is -1.66. The monoisotopic (exact) mass is 303 g/mol. The maximum absolute atomic E-state index is 5.98. The Kier molecular flexibility index (Phi) is 4.59. The Balaban J connectivity index is 1.72. The molecule has 2 aromatic heterocycles. The number of aryl methyl sites for hydroxylation is 2. The van der Waals surface area contributed by atoms with Crippen LogP contribution in [0.1, 0.15) is 24.5 Å². The lowest BCUT2D eigenvalue weighted by atomic mass is 10.0. The van der Waals surface area contributed by atoms with Gasteiger partial charge in [-0.1, -0.05) is 0 Å². The highest BCUT2D eigenvalue weighted by Gasteiger charge is 2.34. The van der Waals surface area contributed by atoms with E-state index < -0.39 is 0 Å². The summed E-state index contributed by atoms with van der Waals surface area (Å²) in [6.45, 7) is 4.85. The van der Waals surface area contributed by atoms with E-state index in [1.54, 1.807) is 0 Å². The van der Waals surface area contributed by atoms with Gasteiger partial charge in [0.2, 0.25) is 0 Å². The molecular formula is C16H25N5O. The van der Waals surface area contributed by atoms with Crippen LogP contribution in [-0.4, -0.2) is 49.8 Å². The van der Waals surface area contributed by atoms with Crippen LogP contribution in [-0.2, 0) is 31.8 Å². The summed E-state index contributed by atoms with van der Waals surface area (Å²) in [4.78, 5) is 2.52. The lowest BCUT2D eigenvalue weighted by Crippen LogP contribution is -2.37. The number of aromatic nitrogens is 4. The van der Waals surface area contributed by atoms with Crippen molar-refractivity contribution in [1.29, 1.82) is 0 Å². The number of rotatable bonds is 6. The van der Waals surface area contributed by atoms with Crippen molar-refractivity contribution in [3.8, 4) is 0 Å². The van der Waals surface area contributed by atoms with Crippen LogP contribution in [0.4, 0.5) is 0 Å². The molecule has 6 nitrogen and oxygen atoms in total. The number of hydrogen-bond acceptors (Lipinski definition) is 4. The molecular weight excluding hydrogens is 278 g/mol. The van der Waals surface area contributed by atoms with Crippen molar-refractivity contribution in [1.82, 2.24) is 24.5 Å². The highest BCUT2D eigenvalue weighted by Crippen LogP contribution is 2.26. The van der Waals surface area contributed by atoms with E-state index in [1.165, 1.54) is 11.1 Å². The van der Waals surface area contributed by atoms with Crippen molar-refractivity contribution in [3.63, 3.8) is 0 Å². The third kappa shape index (κ3) is 3.39. The van der Waals surface area contributed by atoms with Crippen LogP contribution < -0.4 is 0 Å². The molecule has 0 aromatic carbocycles. The summed E-state index contributed by atoms with van der Waals surface area (Å²) in [5, 5.41) is 8.56. The average Bonchev–Trinajstić information content (AvgIpc) is 3.17. The smallest absolute Gasteiger partial charge is 0.0745 e.